The molecule has 1 amide bonds. The third-order valence-corrected chi connectivity index (χ3v) is 5.55. The predicted molar refractivity (Wildman–Crippen MR) is 83.6 cm³/mol. The Morgan fingerprint density at radius 2 is 2.09 bits per heavy atom. The van der Waals surface area contributed by atoms with Crippen LogP contribution in [-0.4, -0.2) is 52.3 Å². The minimum atomic E-state index is -0.598. The van der Waals surface area contributed by atoms with Crippen LogP contribution < -0.4 is 4.90 Å². The molecule has 0 bridgehead atoms. The Hall–Kier alpha value is -2.05. The van der Waals surface area contributed by atoms with Crippen LogP contribution in [0.15, 0.2) is 17.4 Å². The predicted octanol–water partition coefficient (Wildman–Crippen LogP) is 1.48. The molecule has 3 aliphatic rings. The van der Waals surface area contributed by atoms with Crippen LogP contribution in [0.3, 0.4) is 0 Å². The van der Waals surface area contributed by atoms with Gasteiger partial charge in [0.1, 0.15) is 11.4 Å². The summed E-state index contributed by atoms with van der Waals surface area (Å²) in [6.07, 6.45) is 4.96. The van der Waals surface area contributed by atoms with Crippen molar-refractivity contribution >= 4 is 17.7 Å². The normalized spacial score (nSPS) is 32.8. The van der Waals surface area contributed by atoms with E-state index in [-0.39, 0.29) is 11.8 Å². The first kappa shape index (κ1) is 14.5. The smallest absolute Gasteiger partial charge is 0.255 e. The molecule has 7 heteroatoms. The van der Waals surface area contributed by atoms with Crippen LogP contribution in [0, 0.1) is 17.7 Å². The summed E-state index contributed by atoms with van der Waals surface area (Å²) in [6, 6.07) is 0. The van der Waals surface area contributed by atoms with Gasteiger partial charge < -0.3 is 9.80 Å². The molecule has 0 aromatic carbocycles. The third-order valence-electron chi connectivity index (χ3n) is 5.55. The van der Waals surface area contributed by atoms with E-state index in [9.17, 15) is 9.18 Å². The maximum atomic E-state index is 13.0. The van der Waals surface area contributed by atoms with Crippen LogP contribution in [0.4, 0.5) is 10.3 Å². The maximum absolute atomic E-state index is 13.0. The highest BCUT2D eigenvalue weighted by Gasteiger charge is 2.60. The lowest BCUT2D eigenvalue weighted by Gasteiger charge is -2.27. The molecule has 3 atom stereocenters. The number of carbonyl (C=O) groups excluding carboxylic acids is 1. The number of aromatic nitrogens is 2. The van der Waals surface area contributed by atoms with Crippen molar-refractivity contribution in [3.8, 4) is 0 Å². The summed E-state index contributed by atoms with van der Waals surface area (Å²) < 4.78 is 13.0. The molecule has 3 heterocycles. The van der Waals surface area contributed by atoms with Gasteiger partial charge in [-0.3, -0.25) is 9.79 Å². The molecule has 0 radical (unpaired) electrons. The number of fused-ring (bicyclic) bond motifs is 2. The van der Waals surface area contributed by atoms with E-state index in [0.29, 0.717) is 18.4 Å². The Balaban J connectivity index is 1.62. The molecule has 1 spiro atoms. The highest BCUT2D eigenvalue weighted by atomic mass is 19.1. The van der Waals surface area contributed by atoms with Crippen LogP contribution in [0.2, 0.25) is 0 Å². The van der Waals surface area contributed by atoms with E-state index < -0.39 is 11.4 Å². The Morgan fingerprint density at radius 1 is 1.35 bits per heavy atom. The van der Waals surface area contributed by atoms with Gasteiger partial charge in [0.2, 0.25) is 5.95 Å². The molecule has 0 unspecified atom stereocenters. The van der Waals surface area contributed by atoms with Crippen LogP contribution in [-0.2, 0) is 4.79 Å². The van der Waals surface area contributed by atoms with Crippen molar-refractivity contribution in [2.45, 2.75) is 31.7 Å². The lowest BCUT2D eigenvalue weighted by Crippen LogP contribution is -2.45. The fourth-order valence-electron chi connectivity index (χ4n) is 4.41. The Bertz CT molecular complexity index is 676. The second-order valence-corrected chi connectivity index (χ2v) is 6.68. The van der Waals surface area contributed by atoms with Gasteiger partial charge in [0, 0.05) is 32.5 Å². The average molecular weight is 317 g/mol. The number of halogens is 1. The molecule has 2 aliphatic heterocycles. The van der Waals surface area contributed by atoms with Gasteiger partial charge >= 0.3 is 0 Å². The first-order valence-electron chi connectivity index (χ1n) is 8.14. The van der Waals surface area contributed by atoms with Gasteiger partial charge in [0.15, 0.2) is 5.82 Å². The second kappa shape index (κ2) is 4.97. The van der Waals surface area contributed by atoms with E-state index >= 15 is 0 Å². The SMILES string of the molecule is CCC1=N[C@]2(CC[C@H]3CN(c4ncc(F)cn4)C[C@H]32)C(=O)N1C. The van der Waals surface area contributed by atoms with E-state index in [1.54, 1.807) is 4.90 Å². The Labute approximate surface area is 134 Å². The zero-order valence-corrected chi connectivity index (χ0v) is 13.4. The van der Waals surface area contributed by atoms with E-state index in [0.717, 1.165) is 31.6 Å². The summed E-state index contributed by atoms with van der Waals surface area (Å²) in [7, 11) is 1.82. The molecule has 1 aliphatic carbocycles. The highest BCUT2D eigenvalue weighted by Crippen LogP contribution is 2.50. The van der Waals surface area contributed by atoms with Crippen LogP contribution in [0.1, 0.15) is 26.2 Å². The van der Waals surface area contributed by atoms with Crippen molar-refractivity contribution < 1.29 is 9.18 Å². The molecule has 1 saturated heterocycles. The molecule has 1 aromatic rings. The monoisotopic (exact) mass is 317 g/mol. The molecule has 1 saturated carbocycles. The minimum Gasteiger partial charge on any atom is -0.340 e. The number of amides is 1. The summed E-state index contributed by atoms with van der Waals surface area (Å²) in [4.78, 5) is 29.6. The van der Waals surface area contributed by atoms with E-state index in [2.05, 4.69) is 14.9 Å². The largest absolute Gasteiger partial charge is 0.340 e. The van der Waals surface area contributed by atoms with Gasteiger partial charge in [-0.15, -0.1) is 0 Å². The van der Waals surface area contributed by atoms with Gasteiger partial charge in [-0.2, -0.15) is 0 Å². The number of likely N-dealkylation sites (N-methyl/N-ethyl adjacent to an activating group) is 1. The van der Waals surface area contributed by atoms with Crippen LogP contribution in [0.5, 0.6) is 0 Å². The molecule has 6 nitrogen and oxygen atoms in total. The van der Waals surface area contributed by atoms with Gasteiger partial charge in [0.05, 0.1) is 12.4 Å². The second-order valence-electron chi connectivity index (χ2n) is 6.68. The average Bonchev–Trinajstić information content (AvgIpc) is 3.18. The van der Waals surface area contributed by atoms with E-state index in [1.807, 2.05) is 14.0 Å². The maximum Gasteiger partial charge on any atom is 0.255 e. The van der Waals surface area contributed by atoms with Crippen molar-refractivity contribution in [3.63, 3.8) is 0 Å². The fourth-order valence-corrected chi connectivity index (χ4v) is 4.41. The summed E-state index contributed by atoms with van der Waals surface area (Å²) >= 11 is 0. The van der Waals surface area contributed by atoms with Crippen molar-refractivity contribution in [1.82, 2.24) is 14.9 Å². The molecule has 0 N–H and O–H groups in total. The van der Waals surface area contributed by atoms with Gasteiger partial charge in [-0.25, -0.2) is 14.4 Å². The highest BCUT2D eigenvalue weighted by molar-refractivity contribution is 6.08. The summed E-state index contributed by atoms with van der Waals surface area (Å²) in [6.45, 7) is 3.55. The number of aliphatic imine (C=N–C) groups is 1. The number of carbonyl (C=O) groups is 1. The number of rotatable bonds is 2. The number of nitrogens with zero attached hydrogens (tertiary/aromatic N) is 5. The summed E-state index contributed by atoms with van der Waals surface area (Å²) in [5.41, 5.74) is -0.598. The van der Waals surface area contributed by atoms with Crippen molar-refractivity contribution in [3.05, 3.63) is 18.2 Å². The molecule has 1 aromatic heterocycles. The molecular formula is C16H20FN5O. The third kappa shape index (κ3) is 1.98. The Kier molecular flexibility index (Phi) is 3.14. The van der Waals surface area contributed by atoms with Crippen molar-refractivity contribution in [2.75, 3.05) is 25.0 Å². The summed E-state index contributed by atoms with van der Waals surface area (Å²) in [5, 5.41) is 0. The minimum absolute atomic E-state index is 0.128. The first-order valence-corrected chi connectivity index (χ1v) is 8.14. The quantitative estimate of drug-likeness (QED) is 0.829. The van der Waals surface area contributed by atoms with Crippen LogP contribution in [0.25, 0.3) is 0 Å². The lowest BCUT2D eigenvalue weighted by molar-refractivity contribution is -0.131. The molecule has 2 fully saturated rings. The fraction of sp³-hybridized carbons (Fsp3) is 0.625. The molecule has 23 heavy (non-hydrogen) atoms. The van der Waals surface area contributed by atoms with Crippen molar-refractivity contribution in [2.24, 2.45) is 16.8 Å². The lowest BCUT2D eigenvalue weighted by atomic mass is 9.85. The van der Waals surface area contributed by atoms with Gasteiger partial charge in [-0.1, -0.05) is 6.92 Å². The molecular weight excluding hydrogens is 297 g/mol. The first-order chi connectivity index (χ1) is 11.0. The Morgan fingerprint density at radius 3 is 2.74 bits per heavy atom. The number of amidine groups is 1. The number of anilines is 1. The van der Waals surface area contributed by atoms with Crippen molar-refractivity contribution in [1.29, 1.82) is 0 Å². The van der Waals surface area contributed by atoms with Gasteiger partial charge in [0.25, 0.3) is 5.91 Å². The zero-order valence-electron chi connectivity index (χ0n) is 13.4. The summed E-state index contributed by atoms with van der Waals surface area (Å²) in [5.74, 6) is 1.72. The number of hydrogen-bond donors (Lipinski definition) is 0. The van der Waals surface area contributed by atoms with E-state index in [1.165, 1.54) is 12.4 Å². The zero-order chi connectivity index (χ0) is 16.2. The van der Waals surface area contributed by atoms with Gasteiger partial charge in [-0.05, 0) is 18.8 Å². The van der Waals surface area contributed by atoms with E-state index in [4.69, 9.17) is 4.99 Å². The molecule has 122 valence electrons. The van der Waals surface area contributed by atoms with Crippen LogP contribution >= 0.6 is 0 Å². The standard InChI is InChI=1S/C16H20FN5O/c1-3-13-20-16(14(23)21(13)2)5-4-10-8-22(9-12(10)16)15-18-6-11(17)7-19-15/h6-7,10,12H,3-5,8-9H2,1-2H3/t10-,12+,16-/m0/s1. The topological polar surface area (TPSA) is 61.7 Å². The molecule has 4 rings (SSSR count). The number of hydrogen-bond acceptors (Lipinski definition) is 5.